The maximum Gasteiger partial charge on any atom is 0.200 e. The highest BCUT2D eigenvalue weighted by Gasteiger charge is 2.07. The monoisotopic (exact) mass is 268 g/mol. The van der Waals surface area contributed by atoms with E-state index >= 15 is 0 Å². The number of phenolic OH excluding ortho intramolecular Hbond substituents is 3. The zero-order chi connectivity index (χ0) is 14.1. The van der Waals surface area contributed by atoms with E-state index in [1.807, 2.05) is 0 Å². The van der Waals surface area contributed by atoms with Crippen molar-refractivity contribution in [3.8, 4) is 17.2 Å². The maximum atomic E-state index is 9.34. The Bertz CT molecular complexity index is 353. The normalized spacial score (nSPS) is 10.8. The number of rotatable bonds is 9. The number of ether oxygens (including phenoxy) is 1. The SMILES string of the molecule is CCCCCCCCOCc1cc(O)c(O)c(O)c1. The lowest BCUT2D eigenvalue weighted by Crippen LogP contribution is -1.95. The molecule has 0 radical (unpaired) electrons. The molecule has 0 bridgehead atoms. The van der Waals surface area contributed by atoms with Crippen molar-refractivity contribution in [3.63, 3.8) is 0 Å². The van der Waals surface area contributed by atoms with Gasteiger partial charge >= 0.3 is 0 Å². The summed E-state index contributed by atoms with van der Waals surface area (Å²) in [6.45, 7) is 3.20. The summed E-state index contributed by atoms with van der Waals surface area (Å²) < 4.78 is 5.47. The second-order valence-corrected chi connectivity index (χ2v) is 4.80. The molecule has 0 aliphatic rings. The molecule has 19 heavy (non-hydrogen) atoms. The van der Waals surface area contributed by atoms with Gasteiger partial charge in [0, 0.05) is 6.61 Å². The fraction of sp³-hybridized carbons (Fsp3) is 0.600. The van der Waals surface area contributed by atoms with E-state index in [2.05, 4.69) is 6.92 Å². The van der Waals surface area contributed by atoms with Crippen LogP contribution >= 0.6 is 0 Å². The minimum atomic E-state index is -0.486. The minimum absolute atomic E-state index is 0.321. The van der Waals surface area contributed by atoms with Gasteiger partial charge in [0.15, 0.2) is 17.2 Å². The van der Waals surface area contributed by atoms with Crippen LogP contribution in [0, 0.1) is 0 Å². The van der Waals surface area contributed by atoms with Crippen LogP contribution in [0.5, 0.6) is 17.2 Å². The summed E-state index contributed by atoms with van der Waals surface area (Å²) in [5, 5.41) is 27.9. The summed E-state index contributed by atoms with van der Waals surface area (Å²) in [5.74, 6) is -1.13. The molecule has 4 heteroatoms. The summed E-state index contributed by atoms with van der Waals surface area (Å²) in [6, 6.07) is 2.80. The average Bonchev–Trinajstić information content (AvgIpc) is 2.39. The molecule has 0 spiro atoms. The predicted molar refractivity (Wildman–Crippen MR) is 74.5 cm³/mol. The Kier molecular flexibility index (Phi) is 7.11. The van der Waals surface area contributed by atoms with Crippen LogP contribution in [0.1, 0.15) is 51.0 Å². The third kappa shape index (κ3) is 5.83. The van der Waals surface area contributed by atoms with E-state index in [1.54, 1.807) is 0 Å². The van der Waals surface area contributed by atoms with Crippen molar-refractivity contribution < 1.29 is 20.1 Å². The largest absolute Gasteiger partial charge is 0.504 e. The van der Waals surface area contributed by atoms with Gasteiger partial charge in [-0.05, 0) is 24.1 Å². The number of phenols is 3. The molecule has 108 valence electrons. The van der Waals surface area contributed by atoms with Gasteiger partial charge in [-0.15, -0.1) is 0 Å². The first kappa shape index (κ1) is 15.6. The zero-order valence-corrected chi connectivity index (χ0v) is 11.6. The molecular weight excluding hydrogens is 244 g/mol. The third-order valence-electron chi connectivity index (χ3n) is 3.04. The van der Waals surface area contributed by atoms with Gasteiger partial charge in [0.25, 0.3) is 0 Å². The molecular formula is C15H24O4. The molecule has 0 atom stereocenters. The molecule has 0 aliphatic heterocycles. The van der Waals surface area contributed by atoms with Gasteiger partial charge in [-0.1, -0.05) is 39.0 Å². The second kappa shape index (κ2) is 8.64. The van der Waals surface area contributed by atoms with Gasteiger partial charge in [0.1, 0.15) is 0 Å². The van der Waals surface area contributed by atoms with Gasteiger partial charge in [-0.2, -0.15) is 0 Å². The third-order valence-corrected chi connectivity index (χ3v) is 3.04. The summed E-state index contributed by atoms with van der Waals surface area (Å²) in [4.78, 5) is 0. The second-order valence-electron chi connectivity index (χ2n) is 4.80. The van der Waals surface area contributed by atoms with E-state index in [4.69, 9.17) is 4.74 Å². The fourth-order valence-electron chi connectivity index (χ4n) is 1.92. The summed E-state index contributed by atoms with van der Waals surface area (Å²) in [5.41, 5.74) is 0.652. The van der Waals surface area contributed by atoms with Crippen LogP contribution in [0.25, 0.3) is 0 Å². The molecule has 0 unspecified atom stereocenters. The van der Waals surface area contributed by atoms with Gasteiger partial charge < -0.3 is 20.1 Å². The van der Waals surface area contributed by atoms with Crippen molar-refractivity contribution >= 4 is 0 Å². The van der Waals surface area contributed by atoms with E-state index in [0.29, 0.717) is 18.8 Å². The van der Waals surface area contributed by atoms with Crippen molar-refractivity contribution in [3.05, 3.63) is 17.7 Å². The average molecular weight is 268 g/mol. The van der Waals surface area contributed by atoms with Crippen LogP contribution in [0.15, 0.2) is 12.1 Å². The lowest BCUT2D eigenvalue weighted by atomic mass is 10.1. The molecule has 4 nitrogen and oxygen atoms in total. The molecule has 0 aliphatic carbocycles. The van der Waals surface area contributed by atoms with Gasteiger partial charge in [-0.3, -0.25) is 0 Å². The van der Waals surface area contributed by atoms with Gasteiger partial charge in [0.05, 0.1) is 6.61 Å². The molecule has 0 aromatic heterocycles. The Labute approximate surface area is 114 Å². The van der Waals surface area contributed by atoms with Crippen LogP contribution in [0.3, 0.4) is 0 Å². The first-order valence-electron chi connectivity index (χ1n) is 6.96. The van der Waals surface area contributed by atoms with E-state index < -0.39 is 5.75 Å². The molecule has 0 heterocycles. The highest BCUT2D eigenvalue weighted by molar-refractivity contribution is 5.50. The molecule has 1 aromatic rings. The Balaban J connectivity index is 2.16. The minimum Gasteiger partial charge on any atom is -0.504 e. The number of benzene rings is 1. The van der Waals surface area contributed by atoms with E-state index in [1.165, 1.54) is 44.2 Å². The van der Waals surface area contributed by atoms with Crippen molar-refractivity contribution in [1.29, 1.82) is 0 Å². The Morgan fingerprint density at radius 3 is 2.11 bits per heavy atom. The predicted octanol–water partition coefficient (Wildman–Crippen LogP) is 3.68. The summed E-state index contributed by atoms with van der Waals surface area (Å²) in [7, 11) is 0. The smallest absolute Gasteiger partial charge is 0.200 e. The van der Waals surface area contributed by atoms with Crippen LogP contribution < -0.4 is 0 Å². The Hall–Kier alpha value is -1.42. The molecule has 0 saturated carbocycles. The molecule has 3 N–H and O–H groups in total. The van der Waals surface area contributed by atoms with Crippen LogP contribution in [-0.2, 0) is 11.3 Å². The quantitative estimate of drug-likeness (QED) is 0.472. The molecule has 1 aromatic carbocycles. The van der Waals surface area contributed by atoms with Crippen LogP contribution in [-0.4, -0.2) is 21.9 Å². The first-order valence-corrected chi connectivity index (χ1v) is 6.96. The first-order chi connectivity index (χ1) is 9.15. The van der Waals surface area contributed by atoms with Crippen LogP contribution in [0.2, 0.25) is 0 Å². The topological polar surface area (TPSA) is 69.9 Å². The molecule has 0 saturated heterocycles. The summed E-state index contributed by atoms with van der Waals surface area (Å²) >= 11 is 0. The highest BCUT2D eigenvalue weighted by Crippen LogP contribution is 2.35. The van der Waals surface area contributed by atoms with E-state index in [9.17, 15) is 15.3 Å². The van der Waals surface area contributed by atoms with Gasteiger partial charge in [-0.25, -0.2) is 0 Å². The molecule has 0 amide bonds. The zero-order valence-electron chi connectivity index (χ0n) is 11.6. The van der Waals surface area contributed by atoms with Crippen LogP contribution in [0.4, 0.5) is 0 Å². The maximum absolute atomic E-state index is 9.34. The number of aromatic hydroxyl groups is 3. The van der Waals surface area contributed by atoms with E-state index in [0.717, 1.165) is 6.42 Å². The number of hydrogen-bond acceptors (Lipinski definition) is 4. The number of hydrogen-bond donors (Lipinski definition) is 3. The number of unbranched alkanes of at least 4 members (excludes halogenated alkanes) is 5. The molecule has 0 fully saturated rings. The van der Waals surface area contributed by atoms with E-state index in [-0.39, 0.29) is 11.5 Å². The van der Waals surface area contributed by atoms with Crippen molar-refractivity contribution in [2.45, 2.75) is 52.1 Å². The van der Waals surface area contributed by atoms with Crippen molar-refractivity contribution in [2.24, 2.45) is 0 Å². The fourth-order valence-corrected chi connectivity index (χ4v) is 1.92. The Morgan fingerprint density at radius 2 is 1.47 bits per heavy atom. The van der Waals surface area contributed by atoms with Gasteiger partial charge in [0.2, 0.25) is 0 Å². The highest BCUT2D eigenvalue weighted by atomic mass is 16.5. The molecule has 1 rings (SSSR count). The standard InChI is InChI=1S/C15H24O4/c1-2-3-4-5-6-7-8-19-11-12-9-13(16)15(18)14(17)10-12/h9-10,16-18H,2-8,11H2,1H3. The Morgan fingerprint density at radius 1 is 0.895 bits per heavy atom. The lowest BCUT2D eigenvalue weighted by Gasteiger charge is -2.07. The summed E-state index contributed by atoms with van der Waals surface area (Å²) in [6.07, 6.45) is 7.29. The lowest BCUT2D eigenvalue weighted by molar-refractivity contribution is 0.116. The van der Waals surface area contributed by atoms with Crippen molar-refractivity contribution in [1.82, 2.24) is 0 Å². The van der Waals surface area contributed by atoms with Crippen molar-refractivity contribution in [2.75, 3.05) is 6.61 Å².